The van der Waals surface area contributed by atoms with Crippen LogP contribution >= 0.6 is 0 Å². The molecule has 2 aromatic rings. The lowest BCUT2D eigenvalue weighted by Gasteiger charge is -2.31. The molecule has 2 aromatic carbocycles. The summed E-state index contributed by atoms with van der Waals surface area (Å²) in [5.41, 5.74) is 2.96. The maximum Gasteiger partial charge on any atom is 0.254 e. The number of methoxy groups -OCH3 is 1. The summed E-state index contributed by atoms with van der Waals surface area (Å²) in [5, 5.41) is 0. The van der Waals surface area contributed by atoms with Crippen LogP contribution in [-0.2, 0) is 10.0 Å². The second-order valence-electron chi connectivity index (χ2n) is 8.34. The third kappa shape index (κ3) is 4.77. The number of carbonyl (C=O) groups excluding carboxylic acids is 1. The molecule has 6 nitrogen and oxygen atoms in total. The largest absolute Gasteiger partial charge is 0.497 e. The molecule has 0 aromatic heterocycles. The monoisotopic (exact) mass is 444 g/mol. The van der Waals surface area contributed by atoms with Gasteiger partial charge in [-0.15, -0.1) is 0 Å². The van der Waals surface area contributed by atoms with E-state index in [1.807, 2.05) is 42.2 Å². The van der Waals surface area contributed by atoms with Gasteiger partial charge < -0.3 is 9.64 Å². The third-order valence-corrected chi connectivity index (χ3v) is 8.08. The van der Waals surface area contributed by atoms with Gasteiger partial charge in [-0.05, 0) is 67.6 Å². The van der Waals surface area contributed by atoms with Crippen molar-refractivity contribution in [3.8, 4) is 5.75 Å². The average Bonchev–Trinajstić information content (AvgIpc) is 3.01. The molecule has 1 aliphatic rings. The average molecular weight is 445 g/mol. The highest BCUT2D eigenvalue weighted by atomic mass is 32.2. The van der Waals surface area contributed by atoms with Crippen molar-refractivity contribution in [2.24, 2.45) is 0 Å². The van der Waals surface area contributed by atoms with E-state index < -0.39 is 10.0 Å². The van der Waals surface area contributed by atoms with Crippen LogP contribution in [0.2, 0.25) is 0 Å². The smallest absolute Gasteiger partial charge is 0.254 e. The highest BCUT2D eigenvalue weighted by molar-refractivity contribution is 7.89. The second kappa shape index (κ2) is 9.40. The van der Waals surface area contributed by atoms with Gasteiger partial charge in [0, 0.05) is 26.2 Å². The van der Waals surface area contributed by atoms with Crippen LogP contribution in [0.3, 0.4) is 0 Å². The Kier molecular flexibility index (Phi) is 7.06. The van der Waals surface area contributed by atoms with Crippen molar-refractivity contribution in [2.45, 2.75) is 50.5 Å². The molecule has 1 heterocycles. The number of benzene rings is 2. The van der Waals surface area contributed by atoms with Gasteiger partial charge in [0.15, 0.2) is 0 Å². The van der Waals surface area contributed by atoms with E-state index in [2.05, 4.69) is 0 Å². The van der Waals surface area contributed by atoms with Gasteiger partial charge in [0.25, 0.3) is 5.91 Å². The summed E-state index contributed by atoms with van der Waals surface area (Å²) in [4.78, 5) is 15.8. The van der Waals surface area contributed by atoms with Crippen molar-refractivity contribution in [1.82, 2.24) is 9.21 Å². The van der Waals surface area contributed by atoms with Gasteiger partial charge in [-0.25, -0.2) is 12.7 Å². The van der Waals surface area contributed by atoms with Gasteiger partial charge >= 0.3 is 0 Å². The summed E-state index contributed by atoms with van der Waals surface area (Å²) in [5.74, 6) is 0.656. The molecular formula is C24H32N2O4S. The summed E-state index contributed by atoms with van der Waals surface area (Å²) in [6.45, 7) is 4.29. The van der Waals surface area contributed by atoms with Gasteiger partial charge in [0.05, 0.1) is 18.0 Å². The van der Waals surface area contributed by atoms with E-state index in [1.165, 1.54) is 24.5 Å². The van der Waals surface area contributed by atoms with Crippen LogP contribution in [0.1, 0.15) is 58.8 Å². The number of ether oxygens (including phenoxy) is 1. The van der Waals surface area contributed by atoms with E-state index in [0.29, 0.717) is 17.7 Å². The number of hydrogen-bond donors (Lipinski definition) is 0. The standard InChI is InChI=1S/C24H32N2O4S/c1-17-15-20(16-23(18(17)2)31(28,29)25(3)4)24(27)26-14-8-6-7-9-22(26)19-10-12-21(30-5)13-11-19/h10-13,15-16,22H,6-9,14H2,1-5H3. The van der Waals surface area contributed by atoms with Crippen LogP contribution in [0.5, 0.6) is 5.75 Å². The van der Waals surface area contributed by atoms with Crippen molar-refractivity contribution in [2.75, 3.05) is 27.7 Å². The first-order valence-corrected chi connectivity index (χ1v) is 12.1. The van der Waals surface area contributed by atoms with Gasteiger partial charge in [0.2, 0.25) is 10.0 Å². The van der Waals surface area contributed by atoms with Crippen LogP contribution < -0.4 is 4.74 Å². The topological polar surface area (TPSA) is 66.9 Å². The number of rotatable bonds is 5. The zero-order valence-electron chi connectivity index (χ0n) is 19.0. The number of nitrogens with zero attached hydrogens (tertiary/aromatic N) is 2. The fourth-order valence-electron chi connectivity index (χ4n) is 4.10. The molecule has 0 spiro atoms. The number of carbonyl (C=O) groups is 1. The second-order valence-corrected chi connectivity index (χ2v) is 10.5. The van der Waals surface area contributed by atoms with Gasteiger partial charge in [-0.3, -0.25) is 4.79 Å². The maximum absolute atomic E-state index is 13.7. The molecule has 1 saturated heterocycles. The molecular weight excluding hydrogens is 412 g/mol. The minimum absolute atomic E-state index is 0.0450. The van der Waals surface area contributed by atoms with Gasteiger partial charge in [0.1, 0.15) is 5.75 Å². The molecule has 168 valence electrons. The van der Waals surface area contributed by atoms with E-state index in [1.54, 1.807) is 14.0 Å². The van der Waals surface area contributed by atoms with Crippen LogP contribution in [0.15, 0.2) is 41.3 Å². The number of aryl methyl sites for hydroxylation is 1. The lowest BCUT2D eigenvalue weighted by molar-refractivity contribution is 0.0680. The molecule has 1 amide bonds. The van der Waals surface area contributed by atoms with E-state index in [-0.39, 0.29) is 16.8 Å². The molecule has 31 heavy (non-hydrogen) atoms. The summed E-state index contributed by atoms with van der Waals surface area (Å²) in [6.07, 6.45) is 3.94. The number of likely N-dealkylation sites (tertiary alicyclic amines) is 1. The number of sulfonamides is 1. The Morgan fingerprint density at radius 2 is 1.74 bits per heavy atom. The summed E-state index contributed by atoms with van der Waals surface area (Å²) < 4.78 is 32.2. The summed E-state index contributed by atoms with van der Waals surface area (Å²) in [6, 6.07) is 11.2. The van der Waals surface area contributed by atoms with Crippen molar-refractivity contribution >= 4 is 15.9 Å². The molecule has 0 saturated carbocycles. The predicted octanol–water partition coefficient (Wildman–Crippen LogP) is 4.32. The van der Waals surface area contributed by atoms with E-state index >= 15 is 0 Å². The molecule has 1 atom stereocenters. The molecule has 1 fully saturated rings. The summed E-state index contributed by atoms with van der Waals surface area (Å²) in [7, 11) is 1.000. The quantitative estimate of drug-likeness (QED) is 0.689. The first-order valence-electron chi connectivity index (χ1n) is 10.7. The Labute approximate surface area is 185 Å². The van der Waals surface area contributed by atoms with Crippen LogP contribution in [0.4, 0.5) is 0 Å². The molecule has 0 bridgehead atoms. The molecule has 7 heteroatoms. The van der Waals surface area contributed by atoms with E-state index in [4.69, 9.17) is 4.74 Å². The Balaban J connectivity index is 2.03. The van der Waals surface area contributed by atoms with E-state index in [0.717, 1.165) is 42.6 Å². The molecule has 0 radical (unpaired) electrons. The highest BCUT2D eigenvalue weighted by Crippen LogP contribution is 2.33. The molecule has 3 rings (SSSR count). The fourth-order valence-corrected chi connectivity index (χ4v) is 5.32. The molecule has 1 unspecified atom stereocenters. The van der Waals surface area contributed by atoms with Gasteiger partial charge in [-0.2, -0.15) is 0 Å². The maximum atomic E-state index is 13.7. The number of amides is 1. The Hall–Kier alpha value is -2.38. The highest BCUT2D eigenvalue weighted by Gasteiger charge is 2.30. The van der Waals surface area contributed by atoms with Crippen molar-refractivity contribution in [1.29, 1.82) is 0 Å². The van der Waals surface area contributed by atoms with Crippen LogP contribution in [0.25, 0.3) is 0 Å². The predicted molar refractivity (Wildman–Crippen MR) is 122 cm³/mol. The van der Waals surface area contributed by atoms with Crippen molar-refractivity contribution < 1.29 is 17.9 Å². The Bertz CT molecular complexity index is 1050. The molecule has 0 aliphatic carbocycles. The summed E-state index contributed by atoms with van der Waals surface area (Å²) >= 11 is 0. The van der Waals surface area contributed by atoms with Crippen molar-refractivity contribution in [3.05, 3.63) is 58.7 Å². The minimum atomic E-state index is -3.65. The zero-order valence-corrected chi connectivity index (χ0v) is 19.8. The lowest BCUT2D eigenvalue weighted by atomic mass is 9.99. The third-order valence-electron chi connectivity index (χ3n) is 6.14. The van der Waals surface area contributed by atoms with Crippen LogP contribution in [0, 0.1) is 13.8 Å². The molecule has 1 aliphatic heterocycles. The van der Waals surface area contributed by atoms with Crippen molar-refractivity contribution in [3.63, 3.8) is 0 Å². The minimum Gasteiger partial charge on any atom is -0.497 e. The first-order chi connectivity index (χ1) is 14.7. The van der Waals surface area contributed by atoms with Gasteiger partial charge in [-0.1, -0.05) is 25.0 Å². The number of hydrogen-bond acceptors (Lipinski definition) is 4. The Morgan fingerprint density at radius 3 is 2.35 bits per heavy atom. The lowest BCUT2D eigenvalue weighted by Crippen LogP contribution is -2.35. The SMILES string of the molecule is COc1ccc(C2CCCCCN2C(=O)c2cc(C)c(C)c(S(=O)(=O)N(C)C)c2)cc1. The van der Waals surface area contributed by atoms with E-state index in [9.17, 15) is 13.2 Å². The van der Waals surface area contributed by atoms with Crippen LogP contribution in [-0.4, -0.2) is 51.3 Å². The molecule has 0 N–H and O–H groups in total. The normalized spacial score (nSPS) is 17.5. The fraction of sp³-hybridized carbons (Fsp3) is 0.458. The zero-order chi connectivity index (χ0) is 22.8. The first kappa shape index (κ1) is 23.3. The Morgan fingerprint density at radius 1 is 1.06 bits per heavy atom.